The number of amides is 3. The van der Waals surface area contributed by atoms with E-state index in [0.717, 1.165) is 11.1 Å². The number of halogens is 3. The maximum absolute atomic E-state index is 13.9. The van der Waals surface area contributed by atoms with Crippen LogP contribution in [0.25, 0.3) is 0 Å². The topological polar surface area (TPSA) is 68.4 Å². The molecule has 11 heteroatoms. The Morgan fingerprint density at radius 2 is 1.64 bits per heavy atom. The number of hydrogen-bond acceptors (Lipinski definition) is 5. The van der Waals surface area contributed by atoms with Crippen LogP contribution in [0.4, 0.5) is 19.3 Å². The van der Waals surface area contributed by atoms with Crippen LogP contribution in [0, 0.1) is 11.6 Å². The van der Waals surface area contributed by atoms with Crippen LogP contribution in [0.15, 0.2) is 66.7 Å². The molecule has 0 bridgehead atoms. The van der Waals surface area contributed by atoms with E-state index in [0.29, 0.717) is 63.1 Å². The molecule has 2 aliphatic heterocycles. The molecule has 2 fully saturated rings. The molecule has 1 N–H and O–H groups in total. The fraction of sp³-hybridized carbons (Fsp3) is 0.394. The summed E-state index contributed by atoms with van der Waals surface area (Å²) in [5.74, 6) is -0.210. The highest BCUT2D eigenvalue weighted by Gasteiger charge is 2.32. The van der Waals surface area contributed by atoms with Gasteiger partial charge in [-0.05, 0) is 61.9 Å². The molecule has 2 saturated heterocycles. The van der Waals surface area contributed by atoms with Gasteiger partial charge in [0, 0.05) is 75.0 Å². The predicted octanol–water partition coefficient (Wildman–Crippen LogP) is 5.47. The zero-order valence-corrected chi connectivity index (χ0v) is 25.8. The van der Waals surface area contributed by atoms with Gasteiger partial charge in [0.1, 0.15) is 17.4 Å². The number of para-hydroxylation sites is 1. The summed E-state index contributed by atoms with van der Waals surface area (Å²) in [5.41, 5.74) is 2.06. The third kappa shape index (κ3) is 8.05. The number of rotatable bonds is 8. The van der Waals surface area contributed by atoms with E-state index in [-0.39, 0.29) is 42.1 Å². The summed E-state index contributed by atoms with van der Waals surface area (Å²) in [4.78, 5) is 34.0. The summed E-state index contributed by atoms with van der Waals surface area (Å²) >= 11 is 6.32. The van der Waals surface area contributed by atoms with Crippen molar-refractivity contribution in [1.82, 2.24) is 19.6 Å². The number of benzene rings is 3. The first-order chi connectivity index (χ1) is 21.2. The molecule has 3 aromatic rings. The summed E-state index contributed by atoms with van der Waals surface area (Å²) in [7, 11) is 0. The Hall–Kier alpha value is -3.73. The van der Waals surface area contributed by atoms with Gasteiger partial charge in [0.15, 0.2) is 6.61 Å². The molecule has 0 aromatic heterocycles. The van der Waals surface area contributed by atoms with Crippen molar-refractivity contribution in [3.8, 4) is 5.75 Å². The average molecular weight is 626 g/mol. The standard InChI is InChI=1S/C33H38ClF2N5O3/c1-23-19-41(24(2)18-40(23)20-25-7-10-28(35)11-8-25)32(42)22-44-31-12-9-27(34)17-26(31)21-38-13-15-39(16-14-38)33(43)37-30-6-4-3-5-29(30)36/h3-12,17,23-24H,13-16,18-22H2,1-2H3,(H,37,43). The number of carbonyl (C=O) groups excluding carboxylic acids is 2. The van der Waals surface area contributed by atoms with Crippen molar-refractivity contribution in [2.45, 2.75) is 39.0 Å². The third-order valence-corrected chi connectivity index (χ3v) is 8.51. The molecule has 2 heterocycles. The van der Waals surface area contributed by atoms with Crippen LogP contribution in [0.3, 0.4) is 0 Å². The molecule has 2 atom stereocenters. The Labute approximate surface area is 262 Å². The van der Waals surface area contributed by atoms with Crippen molar-refractivity contribution >= 4 is 29.2 Å². The SMILES string of the molecule is CC1CN(C(=O)COc2ccc(Cl)cc2CN2CCN(C(=O)Nc3ccccc3F)CC2)C(C)CN1Cc1ccc(F)cc1. The highest BCUT2D eigenvalue weighted by Crippen LogP contribution is 2.26. The Morgan fingerprint density at radius 1 is 0.909 bits per heavy atom. The van der Waals surface area contributed by atoms with Crippen molar-refractivity contribution in [2.75, 3.05) is 51.2 Å². The molecule has 0 saturated carbocycles. The smallest absolute Gasteiger partial charge is 0.322 e. The van der Waals surface area contributed by atoms with Gasteiger partial charge in [-0.1, -0.05) is 35.9 Å². The molecule has 8 nitrogen and oxygen atoms in total. The Bertz CT molecular complexity index is 1450. The average Bonchev–Trinajstić information content (AvgIpc) is 3.01. The monoisotopic (exact) mass is 625 g/mol. The van der Waals surface area contributed by atoms with E-state index < -0.39 is 5.82 Å². The highest BCUT2D eigenvalue weighted by molar-refractivity contribution is 6.30. The maximum atomic E-state index is 13.9. The summed E-state index contributed by atoms with van der Waals surface area (Å²) in [6.07, 6.45) is 0. The second kappa shape index (κ2) is 14.4. The zero-order valence-electron chi connectivity index (χ0n) is 25.0. The minimum atomic E-state index is -0.473. The molecule has 234 valence electrons. The second-order valence-corrected chi connectivity index (χ2v) is 12.0. The quantitative estimate of drug-likeness (QED) is 0.360. The summed E-state index contributed by atoms with van der Waals surface area (Å²) < 4.78 is 33.3. The molecule has 0 radical (unpaired) electrons. The lowest BCUT2D eigenvalue weighted by Gasteiger charge is -2.44. The van der Waals surface area contributed by atoms with E-state index in [4.69, 9.17) is 16.3 Å². The van der Waals surface area contributed by atoms with E-state index in [2.05, 4.69) is 22.0 Å². The fourth-order valence-electron chi connectivity index (χ4n) is 5.73. The largest absolute Gasteiger partial charge is 0.483 e. The molecule has 3 aromatic carbocycles. The minimum Gasteiger partial charge on any atom is -0.483 e. The van der Waals surface area contributed by atoms with Gasteiger partial charge in [-0.25, -0.2) is 13.6 Å². The molecule has 44 heavy (non-hydrogen) atoms. The van der Waals surface area contributed by atoms with Gasteiger partial charge in [0.05, 0.1) is 5.69 Å². The van der Waals surface area contributed by atoms with Crippen molar-refractivity contribution in [3.05, 3.63) is 94.5 Å². The van der Waals surface area contributed by atoms with Crippen LogP contribution in [-0.4, -0.2) is 89.5 Å². The number of ether oxygens (including phenoxy) is 1. The molecule has 0 spiro atoms. The third-order valence-electron chi connectivity index (χ3n) is 8.28. The summed E-state index contributed by atoms with van der Waals surface area (Å²) in [6, 6.07) is 17.8. The van der Waals surface area contributed by atoms with Crippen molar-refractivity contribution < 1.29 is 23.1 Å². The molecule has 5 rings (SSSR count). The second-order valence-electron chi connectivity index (χ2n) is 11.5. The van der Waals surface area contributed by atoms with Gasteiger partial charge < -0.3 is 19.9 Å². The molecular weight excluding hydrogens is 588 g/mol. The van der Waals surface area contributed by atoms with Gasteiger partial charge in [-0.15, -0.1) is 0 Å². The molecule has 2 aliphatic rings. The van der Waals surface area contributed by atoms with Crippen molar-refractivity contribution in [1.29, 1.82) is 0 Å². The number of carbonyl (C=O) groups is 2. The maximum Gasteiger partial charge on any atom is 0.322 e. The van der Waals surface area contributed by atoms with Gasteiger partial charge in [0.25, 0.3) is 5.91 Å². The Morgan fingerprint density at radius 3 is 2.36 bits per heavy atom. The van der Waals surface area contributed by atoms with Gasteiger partial charge >= 0.3 is 6.03 Å². The van der Waals surface area contributed by atoms with Crippen LogP contribution in [0.1, 0.15) is 25.0 Å². The van der Waals surface area contributed by atoms with E-state index >= 15 is 0 Å². The first-order valence-electron chi connectivity index (χ1n) is 14.9. The van der Waals surface area contributed by atoms with Crippen LogP contribution >= 0.6 is 11.6 Å². The number of urea groups is 1. The molecule has 3 amide bonds. The van der Waals surface area contributed by atoms with Gasteiger partial charge in [0.2, 0.25) is 0 Å². The first-order valence-corrected chi connectivity index (χ1v) is 15.3. The summed E-state index contributed by atoms with van der Waals surface area (Å²) in [6.45, 7) is 8.77. The van der Waals surface area contributed by atoms with Crippen molar-refractivity contribution in [3.63, 3.8) is 0 Å². The van der Waals surface area contributed by atoms with Gasteiger partial charge in [-0.2, -0.15) is 0 Å². The first kappa shape index (κ1) is 31.7. The van der Waals surface area contributed by atoms with Gasteiger partial charge in [-0.3, -0.25) is 14.6 Å². The van der Waals surface area contributed by atoms with Crippen LogP contribution < -0.4 is 10.1 Å². The normalized spacial score (nSPS) is 19.6. The Balaban J connectivity index is 1.12. The number of anilines is 1. The number of nitrogens with zero attached hydrogens (tertiary/aromatic N) is 4. The predicted molar refractivity (Wildman–Crippen MR) is 167 cm³/mol. The van der Waals surface area contributed by atoms with Crippen LogP contribution in [0.2, 0.25) is 5.02 Å². The molecule has 2 unspecified atom stereocenters. The fourth-order valence-corrected chi connectivity index (χ4v) is 5.93. The highest BCUT2D eigenvalue weighted by atomic mass is 35.5. The number of hydrogen-bond donors (Lipinski definition) is 1. The lowest BCUT2D eigenvalue weighted by Crippen LogP contribution is -2.58. The lowest BCUT2D eigenvalue weighted by molar-refractivity contribution is -0.139. The van der Waals surface area contributed by atoms with Crippen LogP contribution in [-0.2, 0) is 17.9 Å². The van der Waals surface area contributed by atoms with Crippen molar-refractivity contribution in [2.24, 2.45) is 0 Å². The molecular formula is C33H38ClF2N5O3. The molecule has 0 aliphatic carbocycles. The van der Waals surface area contributed by atoms with E-state index in [9.17, 15) is 18.4 Å². The lowest BCUT2D eigenvalue weighted by atomic mass is 10.1. The number of piperazine rings is 2. The zero-order chi connectivity index (χ0) is 31.2. The number of nitrogens with one attached hydrogen (secondary N) is 1. The van der Waals surface area contributed by atoms with E-state index in [1.54, 1.807) is 41.3 Å². The summed E-state index contributed by atoms with van der Waals surface area (Å²) in [5, 5.41) is 3.21. The van der Waals surface area contributed by atoms with E-state index in [1.165, 1.54) is 24.3 Å². The Kier molecular flexibility index (Phi) is 10.3. The van der Waals surface area contributed by atoms with E-state index in [1.807, 2.05) is 17.9 Å². The van der Waals surface area contributed by atoms with Crippen LogP contribution in [0.5, 0.6) is 5.75 Å². The minimum absolute atomic E-state index is 0.000633.